The van der Waals surface area contributed by atoms with Gasteiger partial charge in [-0.05, 0) is 43.9 Å². The Morgan fingerprint density at radius 2 is 1.94 bits per heavy atom. The van der Waals surface area contributed by atoms with Crippen molar-refractivity contribution >= 4 is 34.4 Å². The van der Waals surface area contributed by atoms with Gasteiger partial charge in [-0.2, -0.15) is 0 Å². The molecule has 0 unspecified atom stereocenters. The summed E-state index contributed by atoms with van der Waals surface area (Å²) in [5, 5.41) is 3.44. The average molecular weight is 470 g/mol. The minimum absolute atomic E-state index is 0.0180. The maximum atomic E-state index is 13.2. The summed E-state index contributed by atoms with van der Waals surface area (Å²) in [6.45, 7) is 0. The number of anilines is 2. The Morgan fingerprint density at radius 1 is 1.11 bits per heavy atom. The number of carbonyl (C=O) groups excluding carboxylic acids is 2. The van der Waals surface area contributed by atoms with Crippen LogP contribution in [0.2, 0.25) is 0 Å². The summed E-state index contributed by atoms with van der Waals surface area (Å²) in [6.07, 6.45) is 8.56. The van der Waals surface area contributed by atoms with E-state index in [-0.39, 0.29) is 22.9 Å². The lowest BCUT2D eigenvalue weighted by atomic mass is 9.93. The highest BCUT2D eigenvalue weighted by Crippen LogP contribution is 2.37. The number of amides is 1. The van der Waals surface area contributed by atoms with E-state index >= 15 is 0 Å². The minimum atomic E-state index is -0.575. The first-order valence-electron chi connectivity index (χ1n) is 11.6. The molecule has 0 atom stereocenters. The topological polar surface area (TPSA) is 138 Å². The fourth-order valence-electron chi connectivity index (χ4n) is 4.86. The summed E-state index contributed by atoms with van der Waals surface area (Å²) in [6, 6.07) is 5.00. The zero-order valence-corrected chi connectivity index (χ0v) is 19.1. The Hall–Kier alpha value is -4.34. The highest BCUT2D eigenvalue weighted by Gasteiger charge is 2.33. The van der Waals surface area contributed by atoms with Crippen LogP contribution in [0.4, 0.5) is 11.6 Å². The minimum Gasteiger partial charge on any atom is -0.383 e. The van der Waals surface area contributed by atoms with Crippen molar-refractivity contribution in [3.05, 3.63) is 64.1 Å². The van der Waals surface area contributed by atoms with Crippen molar-refractivity contribution in [2.45, 2.75) is 38.1 Å². The maximum absolute atomic E-state index is 13.2. The largest absolute Gasteiger partial charge is 0.383 e. The number of hydrogen-bond acceptors (Lipinski definition) is 7. The summed E-state index contributed by atoms with van der Waals surface area (Å²) in [4.78, 5) is 51.6. The van der Waals surface area contributed by atoms with Crippen molar-refractivity contribution in [1.82, 2.24) is 24.1 Å². The normalized spacial score (nSPS) is 15.3. The quantitative estimate of drug-likeness (QED) is 0.469. The number of hydrogen-bond donors (Lipinski definition) is 2. The Kier molecular flexibility index (Phi) is 4.77. The second-order valence-electron chi connectivity index (χ2n) is 9.10. The van der Waals surface area contributed by atoms with Gasteiger partial charge in [0, 0.05) is 54.3 Å². The molecule has 1 amide bonds. The van der Waals surface area contributed by atoms with Crippen LogP contribution >= 0.6 is 0 Å². The molecule has 10 heteroatoms. The molecule has 0 aliphatic heterocycles. The van der Waals surface area contributed by atoms with Crippen LogP contribution in [-0.4, -0.2) is 35.8 Å². The van der Waals surface area contributed by atoms with Crippen molar-refractivity contribution < 1.29 is 9.59 Å². The van der Waals surface area contributed by atoms with Crippen LogP contribution in [0.25, 0.3) is 22.2 Å². The number of Topliss-reactive ketones (excluding diaryl/α,β-unsaturated/α-hetero) is 1. The Balaban J connectivity index is 1.32. The Labute approximate surface area is 199 Å². The van der Waals surface area contributed by atoms with Gasteiger partial charge in [0.05, 0.1) is 5.39 Å². The molecule has 0 aromatic carbocycles. The Bertz CT molecular complexity index is 1580. The molecular weight excluding hydrogens is 446 g/mol. The van der Waals surface area contributed by atoms with Gasteiger partial charge < -0.3 is 20.2 Å². The van der Waals surface area contributed by atoms with Crippen LogP contribution in [0.15, 0.2) is 41.7 Å². The molecule has 1 fully saturated rings. The van der Waals surface area contributed by atoms with Crippen LogP contribution < -0.4 is 16.6 Å². The van der Waals surface area contributed by atoms with Gasteiger partial charge in [-0.3, -0.25) is 14.4 Å². The van der Waals surface area contributed by atoms with Crippen molar-refractivity contribution in [3.63, 3.8) is 0 Å². The van der Waals surface area contributed by atoms with Crippen molar-refractivity contribution in [2.24, 2.45) is 7.05 Å². The van der Waals surface area contributed by atoms with Crippen molar-refractivity contribution in [3.8, 4) is 11.1 Å². The number of aryl methyl sites for hydroxylation is 1. The fraction of sp³-hybridized carbons (Fsp3) is 0.280. The number of aromatic nitrogens is 5. The van der Waals surface area contributed by atoms with E-state index in [1.54, 1.807) is 16.8 Å². The number of pyridine rings is 2. The van der Waals surface area contributed by atoms with Crippen molar-refractivity contribution in [1.29, 1.82) is 0 Å². The third-order valence-electron chi connectivity index (χ3n) is 6.71. The summed E-state index contributed by atoms with van der Waals surface area (Å²) >= 11 is 0. The number of carbonyl (C=O) groups is 2. The van der Waals surface area contributed by atoms with E-state index in [9.17, 15) is 14.4 Å². The zero-order valence-electron chi connectivity index (χ0n) is 19.1. The molecule has 1 saturated carbocycles. The summed E-state index contributed by atoms with van der Waals surface area (Å²) in [5.41, 5.74) is 9.28. The van der Waals surface area contributed by atoms with E-state index < -0.39 is 5.91 Å². The number of nitrogen functional groups attached to an aromatic ring is 1. The lowest BCUT2D eigenvalue weighted by molar-refractivity contribution is 0.0970. The van der Waals surface area contributed by atoms with E-state index in [0.717, 1.165) is 41.5 Å². The molecular formula is C25H23N7O3. The molecule has 2 aliphatic rings. The van der Waals surface area contributed by atoms with Crippen LogP contribution in [0, 0.1) is 0 Å². The standard InChI is InChI=1S/C25H23N7O3/c1-31-11-17(21-22(26)28-12-29-23(21)31)13-5-8-20(27-10-13)30-24(34)16-9-15-18(3-2-4-19(15)33)32(25(16)35)14-6-7-14/h5,8-12,14H,2-4,6-7H2,1H3,(H2,26,28,29)(H,27,30,34). The summed E-state index contributed by atoms with van der Waals surface area (Å²) in [7, 11) is 1.87. The number of fused-ring (bicyclic) bond motifs is 2. The van der Waals surface area contributed by atoms with Gasteiger partial charge in [0.2, 0.25) is 0 Å². The van der Waals surface area contributed by atoms with Gasteiger partial charge >= 0.3 is 0 Å². The van der Waals surface area contributed by atoms with Crippen LogP contribution in [0.5, 0.6) is 0 Å². The maximum Gasteiger partial charge on any atom is 0.263 e. The smallest absolute Gasteiger partial charge is 0.263 e. The van der Waals surface area contributed by atoms with Gasteiger partial charge in [-0.25, -0.2) is 15.0 Å². The number of ketones is 1. The van der Waals surface area contributed by atoms with Gasteiger partial charge in [0.15, 0.2) is 5.78 Å². The van der Waals surface area contributed by atoms with Crippen LogP contribution in [0.1, 0.15) is 58.1 Å². The second-order valence-corrected chi connectivity index (χ2v) is 9.10. The molecule has 0 saturated heterocycles. The summed E-state index contributed by atoms with van der Waals surface area (Å²) < 4.78 is 3.53. The Morgan fingerprint density at radius 3 is 2.69 bits per heavy atom. The van der Waals surface area contributed by atoms with Crippen LogP contribution in [-0.2, 0) is 13.5 Å². The second kappa shape index (κ2) is 7.86. The molecule has 4 aromatic heterocycles. The van der Waals surface area contributed by atoms with E-state index in [4.69, 9.17) is 5.73 Å². The lowest BCUT2D eigenvalue weighted by Crippen LogP contribution is -2.34. The summed E-state index contributed by atoms with van der Waals surface area (Å²) in [5.74, 6) is 0.0747. The molecule has 0 bridgehead atoms. The zero-order chi connectivity index (χ0) is 24.3. The van der Waals surface area contributed by atoms with Crippen molar-refractivity contribution in [2.75, 3.05) is 11.1 Å². The third kappa shape index (κ3) is 3.49. The van der Waals surface area contributed by atoms with Gasteiger partial charge in [-0.15, -0.1) is 0 Å². The molecule has 35 heavy (non-hydrogen) atoms. The molecule has 2 aliphatic carbocycles. The predicted octanol–water partition coefficient (Wildman–Crippen LogP) is 2.88. The van der Waals surface area contributed by atoms with Gasteiger partial charge in [-0.1, -0.05) is 0 Å². The number of nitrogens with zero attached hydrogens (tertiary/aromatic N) is 5. The third-order valence-corrected chi connectivity index (χ3v) is 6.71. The first-order valence-corrected chi connectivity index (χ1v) is 11.6. The number of rotatable bonds is 4. The van der Waals surface area contributed by atoms with E-state index in [0.29, 0.717) is 35.7 Å². The first-order chi connectivity index (χ1) is 16.9. The number of nitrogens with two attached hydrogens (primary N) is 1. The molecule has 10 nitrogen and oxygen atoms in total. The predicted molar refractivity (Wildman–Crippen MR) is 130 cm³/mol. The van der Waals surface area contributed by atoms with Crippen LogP contribution in [0.3, 0.4) is 0 Å². The molecule has 4 heterocycles. The molecule has 6 rings (SSSR count). The molecule has 4 aromatic rings. The molecule has 3 N–H and O–H groups in total. The molecule has 0 radical (unpaired) electrons. The molecule has 0 spiro atoms. The van der Waals surface area contributed by atoms with E-state index in [1.165, 1.54) is 12.4 Å². The first kappa shape index (κ1) is 21.2. The highest BCUT2D eigenvalue weighted by molar-refractivity contribution is 6.06. The fourth-order valence-corrected chi connectivity index (χ4v) is 4.86. The van der Waals surface area contributed by atoms with Gasteiger partial charge in [0.25, 0.3) is 11.5 Å². The SMILES string of the molecule is Cn1cc(-c2ccc(NC(=O)c3cc4c(n(C5CC5)c3=O)CCCC4=O)nc2)c2c(N)ncnc21. The highest BCUT2D eigenvalue weighted by atomic mass is 16.2. The average Bonchev–Trinajstić information content (AvgIpc) is 3.62. The van der Waals surface area contributed by atoms with E-state index in [2.05, 4.69) is 20.3 Å². The number of nitrogens with one attached hydrogen (secondary N) is 1. The lowest BCUT2D eigenvalue weighted by Gasteiger charge is -2.21. The van der Waals surface area contributed by atoms with Gasteiger partial charge in [0.1, 0.15) is 29.2 Å². The monoisotopic (exact) mass is 469 g/mol. The molecule has 176 valence electrons. The van der Waals surface area contributed by atoms with E-state index in [1.807, 2.05) is 23.9 Å².